The molecule has 1 heterocycles. The molecular formula is C16H18F3N3O4S. The molecule has 2 rings (SSSR count). The van der Waals surface area contributed by atoms with Crippen LogP contribution in [0.2, 0.25) is 0 Å². The van der Waals surface area contributed by atoms with Crippen LogP contribution in [0.5, 0.6) is 5.75 Å². The molecule has 0 saturated carbocycles. The fourth-order valence-electron chi connectivity index (χ4n) is 1.85. The van der Waals surface area contributed by atoms with E-state index in [4.69, 9.17) is 9.15 Å². The average molecular weight is 405 g/mol. The summed E-state index contributed by atoms with van der Waals surface area (Å²) in [6, 6.07) is 5.84. The fraction of sp³-hybridized carbons (Fsp3) is 0.438. The smallest absolute Gasteiger partial charge is 0.422 e. The van der Waals surface area contributed by atoms with Gasteiger partial charge in [-0.3, -0.25) is 0 Å². The monoisotopic (exact) mass is 405 g/mol. The third kappa shape index (κ3) is 7.77. The maximum Gasteiger partial charge on any atom is 0.422 e. The van der Waals surface area contributed by atoms with E-state index in [-0.39, 0.29) is 24.3 Å². The Morgan fingerprint density at radius 3 is 2.81 bits per heavy atom. The van der Waals surface area contributed by atoms with E-state index in [1.165, 1.54) is 0 Å². The lowest BCUT2D eigenvalue weighted by molar-refractivity contribution is -0.160. The van der Waals surface area contributed by atoms with Crippen LogP contribution in [-0.2, 0) is 11.3 Å². The highest BCUT2D eigenvalue weighted by atomic mass is 32.2. The summed E-state index contributed by atoms with van der Waals surface area (Å²) in [7, 11) is 0. The van der Waals surface area contributed by atoms with Gasteiger partial charge in [-0.1, -0.05) is 23.9 Å². The maximum atomic E-state index is 11.9. The van der Waals surface area contributed by atoms with Crippen LogP contribution in [0.25, 0.3) is 0 Å². The number of alkyl halides is 3. The molecule has 2 aromatic rings. The second-order valence-corrected chi connectivity index (χ2v) is 6.53. The van der Waals surface area contributed by atoms with Gasteiger partial charge in [-0.05, 0) is 31.0 Å². The number of carbonyl (C=O) groups excluding carboxylic acids is 1. The minimum absolute atomic E-state index is 0.0814. The Morgan fingerprint density at radius 2 is 2.07 bits per heavy atom. The van der Waals surface area contributed by atoms with Gasteiger partial charge in [-0.2, -0.15) is 13.2 Å². The van der Waals surface area contributed by atoms with Crippen LogP contribution in [0.15, 0.2) is 27.8 Å². The number of thioether (sulfide) groups is 1. The first-order valence-electron chi connectivity index (χ1n) is 7.85. The highest BCUT2D eigenvalue weighted by molar-refractivity contribution is 7.99. The zero-order chi connectivity index (χ0) is 19.9. The number of ether oxygens (including phenoxy) is 2. The number of benzene rings is 1. The number of amides is 1. The second kappa shape index (κ2) is 9.49. The molecular weight excluding hydrogens is 387 g/mol. The number of nitrogens with zero attached hydrogens (tertiary/aromatic N) is 2. The molecule has 0 aliphatic carbocycles. The molecule has 0 spiro atoms. The molecule has 1 aromatic carbocycles. The van der Waals surface area contributed by atoms with Gasteiger partial charge in [0.05, 0.1) is 0 Å². The summed E-state index contributed by atoms with van der Waals surface area (Å²) in [5.74, 6) is 1.33. The highest BCUT2D eigenvalue weighted by Gasteiger charge is 2.29. The SMILES string of the molecule is Cc1ccc(C)c(OCc2nnc(SCCNC(=O)OCC(F)(F)F)o2)c1. The standard InChI is InChI=1S/C16H18F3N3O4S/c1-10-3-4-11(2)12(7-10)24-8-13-21-22-15(26-13)27-6-5-20-14(23)25-9-16(17,18)19/h3-4,7H,5-6,8-9H2,1-2H3,(H,20,23). The van der Waals surface area contributed by atoms with Crippen LogP contribution in [0, 0.1) is 13.8 Å². The lowest BCUT2D eigenvalue weighted by Gasteiger charge is -2.08. The van der Waals surface area contributed by atoms with Crippen LogP contribution in [-0.4, -0.2) is 41.4 Å². The second-order valence-electron chi connectivity index (χ2n) is 5.49. The van der Waals surface area contributed by atoms with Crippen LogP contribution < -0.4 is 10.1 Å². The van der Waals surface area contributed by atoms with Crippen molar-refractivity contribution in [2.24, 2.45) is 0 Å². The van der Waals surface area contributed by atoms with Crippen molar-refractivity contribution in [2.45, 2.75) is 31.9 Å². The number of aromatic nitrogens is 2. The van der Waals surface area contributed by atoms with E-state index in [1.807, 2.05) is 32.0 Å². The molecule has 11 heteroatoms. The van der Waals surface area contributed by atoms with Gasteiger partial charge >= 0.3 is 12.3 Å². The number of alkyl carbamates (subject to hydrolysis) is 1. The summed E-state index contributed by atoms with van der Waals surface area (Å²) >= 11 is 1.15. The summed E-state index contributed by atoms with van der Waals surface area (Å²) in [5.41, 5.74) is 2.05. The zero-order valence-electron chi connectivity index (χ0n) is 14.6. The molecule has 0 radical (unpaired) electrons. The third-order valence-corrected chi connectivity index (χ3v) is 3.93. The molecule has 0 aliphatic heterocycles. The molecule has 0 atom stereocenters. The van der Waals surface area contributed by atoms with Gasteiger partial charge in [0.15, 0.2) is 13.2 Å². The predicted molar refractivity (Wildman–Crippen MR) is 90.7 cm³/mol. The van der Waals surface area contributed by atoms with Gasteiger partial charge < -0.3 is 19.2 Å². The molecule has 0 aliphatic rings. The van der Waals surface area contributed by atoms with Crippen molar-refractivity contribution in [3.05, 3.63) is 35.2 Å². The first-order valence-corrected chi connectivity index (χ1v) is 8.84. The number of halogens is 3. The summed E-state index contributed by atoms with van der Waals surface area (Å²) in [4.78, 5) is 11.1. The summed E-state index contributed by atoms with van der Waals surface area (Å²) in [6.45, 7) is 2.45. The molecule has 1 amide bonds. The molecule has 0 saturated heterocycles. The zero-order valence-corrected chi connectivity index (χ0v) is 15.4. The van der Waals surface area contributed by atoms with E-state index in [2.05, 4.69) is 20.3 Å². The number of nitrogens with one attached hydrogen (secondary N) is 1. The Labute approximate surface area is 157 Å². The van der Waals surface area contributed by atoms with E-state index < -0.39 is 18.9 Å². The number of carbonyl (C=O) groups is 1. The third-order valence-electron chi connectivity index (χ3n) is 3.11. The van der Waals surface area contributed by atoms with Gasteiger partial charge in [-0.25, -0.2) is 4.79 Å². The van der Waals surface area contributed by atoms with Crippen LogP contribution in [0.4, 0.5) is 18.0 Å². The van der Waals surface area contributed by atoms with E-state index in [1.54, 1.807) is 0 Å². The Hall–Kier alpha value is -2.43. The van der Waals surface area contributed by atoms with Gasteiger partial charge in [-0.15, -0.1) is 10.2 Å². The summed E-state index contributed by atoms with van der Waals surface area (Å²) in [5, 5.41) is 10.1. The van der Waals surface area contributed by atoms with E-state index in [0.717, 1.165) is 28.6 Å². The van der Waals surface area contributed by atoms with Gasteiger partial charge in [0.1, 0.15) is 5.75 Å². The average Bonchev–Trinajstić information content (AvgIpc) is 3.05. The van der Waals surface area contributed by atoms with Crippen LogP contribution in [0.3, 0.4) is 0 Å². The van der Waals surface area contributed by atoms with Crippen molar-refractivity contribution in [1.82, 2.24) is 15.5 Å². The Balaban J connectivity index is 1.68. The van der Waals surface area contributed by atoms with Crippen molar-refractivity contribution in [3.8, 4) is 5.75 Å². The van der Waals surface area contributed by atoms with Crippen LogP contribution >= 0.6 is 11.8 Å². The predicted octanol–water partition coefficient (Wildman–Crippen LogP) is 3.65. The number of rotatable bonds is 8. The van der Waals surface area contributed by atoms with Gasteiger partial charge in [0.2, 0.25) is 0 Å². The first-order chi connectivity index (χ1) is 12.7. The maximum absolute atomic E-state index is 11.9. The highest BCUT2D eigenvalue weighted by Crippen LogP contribution is 2.21. The van der Waals surface area contributed by atoms with Crippen molar-refractivity contribution >= 4 is 17.9 Å². The van der Waals surface area contributed by atoms with E-state index >= 15 is 0 Å². The molecule has 0 bridgehead atoms. The summed E-state index contributed by atoms with van der Waals surface area (Å²) < 4.78 is 50.7. The molecule has 1 aromatic heterocycles. The number of hydrogen-bond donors (Lipinski definition) is 1. The fourth-order valence-corrected chi connectivity index (χ4v) is 2.48. The minimum Gasteiger partial charge on any atom is -0.484 e. The Bertz CT molecular complexity index is 768. The quantitative estimate of drug-likeness (QED) is 0.530. The molecule has 0 unspecified atom stereocenters. The number of aryl methyl sites for hydroxylation is 2. The Morgan fingerprint density at radius 1 is 1.30 bits per heavy atom. The largest absolute Gasteiger partial charge is 0.484 e. The molecule has 1 N–H and O–H groups in total. The number of hydrogen-bond acceptors (Lipinski definition) is 7. The van der Waals surface area contributed by atoms with Crippen LogP contribution in [0.1, 0.15) is 17.0 Å². The first kappa shape index (κ1) is 20.9. The molecule has 27 heavy (non-hydrogen) atoms. The van der Waals surface area contributed by atoms with Crippen molar-refractivity contribution < 1.29 is 31.9 Å². The van der Waals surface area contributed by atoms with Crippen molar-refractivity contribution in [3.63, 3.8) is 0 Å². The molecule has 148 valence electrons. The lowest BCUT2D eigenvalue weighted by Crippen LogP contribution is -2.30. The summed E-state index contributed by atoms with van der Waals surface area (Å²) in [6.07, 6.45) is -5.69. The minimum atomic E-state index is -4.55. The van der Waals surface area contributed by atoms with E-state index in [9.17, 15) is 18.0 Å². The topological polar surface area (TPSA) is 86.5 Å². The Kier molecular flexibility index (Phi) is 7.34. The normalized spacial score (nSPS) is 11.3. The molecule has 0 fully saturated rings. The lowest BCUT2D eigenvalue weighted by atomic mass is 10.1. The van der Waals surface area contributed by atoms with Crippen molar-refractivity contribution in [2.75, 3.05) is 18.9 Å². The van der Waals surface area contributed by atoms with Crippen molar-refractivity contribution in [1.29, 1.82) is 0 Å². The van der Waals surface area contributed by atoms with Gasteiger partial charge in [0.25, 0.3) is 11.1 Å². The van der Waals surface area contributed by atoms with E-state index in [0.29, 0.717) is 5.75 Å². The van der Waals surface area contributed by atoms with Gasteiger partial charge in [0, 0.05) is 12.3 Å². The molecule has 7 nitrogen and oxygen atoms in total.